The fourth-order valence-electron chi connectivity index (χ4n) is 4.79. The number of carbonyl (C=O) groups excluding carboxylic acids is 4. The topological polar surface area (TPSA) is 124 Å². The maximum atomic E-state index is 13.5. The van der Waals surface area contributed by atoms with Gasteiger partial charge >= 0.3 is 23.9 Å². The van der Waals surface area contributed by atoms with Gasteiger partial charge in [0.25, 0.3) is 0 Å². The van der Waals surface area contributed by atoms with E-state index in [0.717, 1.165) is 0 Å². The molecule has 47 heavy (non-hydrogen) atoms. The summed E-state index contributed by atoms with van der Waals surface area (Å²) in [4.78, 5) is 53.2. The Bertz CT molecular complexity index is 1690. The van der Waals surface area contributed by atoms with Gasteiger partial charge in [-0.3, -0.25) is 0 Å². The van der Waals surface area contributed by atoms with E-state index in [9.17, 15) is 19.2 Å². The van der Waals surface area contributed by atoms with Crippen molar-refractivity contribution >= 4 is 23.9 Å². The normalized spacial score (nSPS) is 20.2. The van der Waals surface area contributed by atoms with Crippen LogP contribution in [0.2, 0.25) is 0 Å². The number of rotatable bonds is 11. The highest BCUT2D eigenvalue weighted by atomic mass is 16.7. The van der Waals surface area contributed by atoms with Crippen LogP contribution in [-0.4, -0.2) is 67.8 Å². The monoisotopic (exact) mass is 634 g/mol. The molecule has 0 aromatic heterocycles. The van der Waals surface area contributed by atoms with Crippen LogP contribution in [0.3, 0.4) is 0 Å². The number of esters is 4. The molecule has 0 saturated carbocycles. The summed E-state index contributed by atoms with van der Waals surface area (Å²) >= 11 is 0. The fraction of sp³-hybridized carbons (Fsp3) is 0.189. The number of carbonyl (C=O) groups is 4. The van der Waals surface area contributed by atoms with Crippen LogP contribution >= 0.6 is 0 Å². The lowest BCUT2D eigenvalue weighted by molar-refractivity contribution is -0.295. The van der Waals surface area contributed by atoms with E-state index >= 15 is 0 Å². The minimum atomic E-state index is -1.51. The lowest BCUT2D eigenvalue weighted by Gasteiger charge is -2.44. The Morgan fingerprint density at radius 1 is 0.553 bits per heavy atom. The zero-order chi connectivity index (χ0) is 33.0. The highest BCUT2D eigenvalue weighted by molar-refractivity contribution is 5.91. The van der Waals surface area contributed by atoms with Gasteiger partial charge in [-0.1, -0.05) is 78.7 Å². The van der Waals surface area contributed by atoms with Gasteiger partial charge in [-0.05, 0) is 48.5 Å². The van der Waals surface area contributed by atoms with E-state index in [0.29, 0.717) is 0 Å². The minimum Gasteiger partial charge on any atom is -0.459 e. The molecule has 1 unspecified atom stereocenters. The summed E-state index contributed by atoms with van der Waals surface area (Å²) in [5, 5.41) is 0. The Kier molecular flexibility index (Phi) is 11.1. The second-order valence-corrected chi connectivity index (χ2v) is 10.2. The Balaban J connectivity index is 1.53. The lowest BCUT2D eigenvalue weighted by Crippen LogP contribution is -2.63. The van der Waals surface area contributed by atoms with Crippen LogP contribution in [0, 0.1) is 12.3 Å². The molecule has 0 spiro atoms. The lowest BCUT2D eigenvalue weighted by atomic mass is 9.97. The molecule has 0 N–H and O–H groups in total. The summed E-state index contributed by atoms with van der Waals surface area (Å²) in [6.07, 6.45) is -1.69. The molecule has 0 amide bonds. The highest BCUT2D eigenvalue weighted by Gasteiger charge is 2.53. The van der Waals surface area contributed by atoms with Crippen molar-refractivity contribution in [3.8, 4) is 12.3 Å². The van der Waals surface area contributed by atoms with E-state index in [1.807, 2.05) is 0 Å². The van der Waals surface area contributed by atoms with Gasteiger partial charge in [0, 0.05) is 0 Å². The second kappa shape index (κ2) is 16.0. The maximum absolute atomic E-state index is 13.5. The van der Waals surface area contributed by atoms with E-state index in [2.05, 4.69) is 5.92 Å². The summed E-state index contributed by atoms with van der Waals surface area (Å²) in [7, 11) is 0. The van der Waals surface area contributed by atoms with Crippen molar-refractivity contribution in [3.05, 3.63) is 144 Å². The third-order valence-electron chi connectivity index (χ3n) is 7.07. The Labute approximate surface area is 271 Å². The van der Waals surface area contributed by atoms with E-state index in [4.69, 9.17) is 34.8 Å². The van der Waals surface area contributed by atoms with E-state index in [-0.39, 0.29) is 28.9 Å². The molecular weight excluding hydrogens is 604 g/mol. The van der Waals surface area contributed by atoms with Crippen molar-refractivity contribution in [1.82, 2.24) is 0 Å². The molecule has 1 fully saturated rings. The zero-order valence-corrected chi connectivity index (χ0v) is 25.0. The first-order chi connectivity index (χ1) is 22.9. The summed E-state index contributed by atoms with van der Waals surface area (Å²) in [6.45, 7) is -0.747. The van der Waals surface area contributed by atoms with E-state index in [1.165, 1.54) is 36.4 Å². The molecule has 5 rings (SSSR count). The van der Waals surface area contributed by atoms with E-state index in [1.54, 1.807) is 84.9 Å². The molecular formula is C37H30O10. The van der Waals surface area contributed by atoms with Crippen LogP contribution in [0.4, 0.5) is 0 Å². The smallest absolute Gasteiger partial charge is 0.338 e. The van der Waals surface area contributed by atoms with Crippen LogP contribution in [0.25, 0.3) is 0 Å². The number of benzene rings is 4. The molecule has 0 radical (unpaired) electrons. The molecule has 1 saturated heterocycles. The van der Waals surface area contributed by atoms with Crippen LogP contribution in [-0.2, 0) is 28.4 Å². The Morgan fingerprint density at radius 3 is 1.36 bits per heavy atom. The highest BCUT2D eigenvalue weighted by Crippen LogP contribution is 2.31. The van der Waals surface area contributed by atoms with Gasteiger partial charge in [-0.2, -0.15) is 0 Å². The molecule has 4 aromatic carbocycles. The summed E-state index contributed by atoms with van der Waals surface area (Å²) in [5.74, 6) is -0.751. The van der Waals surface area contributed by atoms with Crippen molar-refractivity contribution in [2.45, 2.75) is 30.7 Å². The minimum absolute atomic E-state index is 0.174. The molecule has 5 atom stereocenters. The third-order valence-corrected chi connectivity index (χ3v) is 7.07. The standard InChI is InChI=1S/C37H30O10/c1-2-23-42-37-32(47-36(41)28-21-13-6-14-22-28)31(46-35(40)27-19-11-5-12-20-27)30(45-34(39)26-17-9-4-10-18-26)29(44-37)24-43-33(38)25-15-7-3-8-16-25/h1,3-22,29-32,37H,23-24H2/t29-,30-,31+,32-,37?/m1/s1. The molecule has 4 aromatic rings. The first-order valence-electron chi connectivity index (χ1n) is 14.7. The molecule has 1 aliphatic heterocycles. The number of terminal acetylenes is 1. The van der Waals surface area contributed by atoms with Crippen molar-refractivity contribution < 1.29 is 47.6 Å². The van der Waals surface area contributed by atoms with Gasteiger partial charge < -0.3 is 28.4 Å². The van der Waals surface area contributed by atoms with E-state index < -0.39 is 61.2 Å². The second-order valence-electron chi connectivity index (χ2n) is 10.2. The van der Waals surface area contributed by atoms with Gasteiger partial charge in [0.1, 0.15) is 19.3 Å². The van der Waals surface area contributed by atoms with Crippen molar-refractivity contribution in [2.75, 3.05) is 13.2 Å². The summed E-state index contributed by atoms with van der Waals surface area (Å²) in [6, 6.07) is 32.5. The average molecular weight is 635 g/mol. The first-order valence-corrected chi connectivity index (χ1v) is 14.7. The fourth-order valence-corrected chi connectivity index (χ4v) is 4.79. The van der Waals surface area contributed by atoms with Crippen LogP contribution in [0.5, 0.6) is 0 Å². The molecule has 10 nitrogen and oxygen atoms in total. The van der Waals surface area contributed by atoms with Crippen molar-refractivity contribution in [1.29, 1.82) is 0 Å². The summed E-state index contributed by atoms with van der Waals surface area (Å²) < 4.78 is 35.2. The molecule has 1 aliphatic rings. The number of hydrogen-bond donors (Lipinski definition) is 0. The van der Waals surface area contributed by atoms with Gasteiger partial charge in [-0.15, -0.1) is 6.42 Å². The average Bonchev–Trinajstić information content (AvgIpc) is 3.13. The predicted molar refractivity (Wildman–Crippen MR) is 167 cm³/mol. The molecule has 238 valence electrons. The summed E-state index contributed by atoms with van der Waals surface area (Å²) in [5.41, 5.74) is 0.814. The largest absolute Gasteiger partial charge is 0.459 e. The molecule has 10 heteroatoms. The maximum Gasteiger partial charge on any atom is 0.338 e. The third kappa shape index (κ3) is 8.49. The molecule has 0 bridgehead atoms. The zero-order valence-electron chi connectivity index (χ0n) is 25.0. The molecule has 1 heterocycles. The molecule has 0 aliphatic carbocycles. The predicted octanol–water partition coefficient (Wildman–Crippen LogP) is 4.89. The quantitative estimate of drug-likeness (QED) is 0.128. The number of ether oxygens (including phenoxy) is 6. The van der Waals surface area contributed by atoms with Crippen LogP contribution < -0.4 is 0 Å². The van der Waals surface area contributed by atoms with Crippen LogP contribution in [0.1, 0.15) is 41.4 Å². The van der Waals surface area contributed by atoms with Crippen LogP contribution in [0.15, 0.2) is 121 Å². The first kappa shape index (κ1) is 32.6. The SMILES string of the molecule is C#CCOC1O[C@H](COC(=O)c2ccccc2)[C@@H](OC(=O)c2ccccc2)[C@H](OC(=O)c2ccccc2)[C@H]1OC(=O)c1ccccc1. The van der Waals surface area contributed by atoms with Gasteiger partial charge in [-0.25, -0.2) is 19.2 Å². The Morgan fingerprint density at radius 2 is 0.936 bits per heavy atom. The van der Waals surface area contributed by atoms with Crippen molar-refractivity contribution in [2.24, 2.45) is 0 Å². The number of hydrogen-bond acceptors (Lipinski definition) is 10. The van der Waals surface area contributed by atoms with Crippen molar-refractivity contribution in [3.63, 3.8) is 0 Å². The van der Waals surface area contributed by atoms with Gasteiger partial charge in [0.05, 0.1) is 22.3 Å². The van der Waals surface area contributed by atoms with Gasteiger partial charge in [0.2, 0.25) is 0 Å². The van der Waals surface area contributed by atoms with Gasteiger partial charge in [0.15, 0.2) is 24.6 Å². The Hall–Kier alpha value is -5.76.